The number of aryl methyl sites for hydroxylation is 1. The first-order valence-electron chi connectivity index (χ1n) is 5.70. The second-order valence-corrected chi connectivity index (χ2v) is 4.99. The fraction of sp³-hybridized carbons (Fsp3) is 0.0714. The minimum absolute atomic E-state index is 0.848. The summed E-state index contributed by atoms with van der Waals surface area (Å²) in [7, 11) is 0. The van der Waals surface area contributed by atoms with Gasteiger partial charge in [0.2, 0.25) is 0 Å². The van der Waals surface area contributed by atoms with Crippen LogP contribution >= 0.6 is 15.9 Å². The lowest BCUT2D eigenvalue weighted by Gasteiger charge is -2.05. The van der Waals surface area contributed by atoms with Crippen molar-refractivity contribution < 1.29 is 0 Å². The van der Waals surface area contributed by atoms with Crippen LogP contribution in [0.2, 0.25) is 0 Å². The molecule has 2 heterocycles. The molecule has 90 valence electrons. The van der Waals surface area contributed by atoms with E-state index < -0.39 is 0 Å². The van der Waals surface area contributed by atoms with Crippen molar-refractivity contribution in [2.24, 2.45) is 0 Å². The van der Waals surface area contributed by atoms with Gasteiger partial charge < -0.3 is 10.3 Å². The molecule has 0 amide bonds. The van der Waals surface area contributed by atoms with Gasteiger partial charge in [-0.2, -0.15) is 0 Å². The lowest BCUT2D eigenvalue weighted by molar-refractivity contribution is 1.18. The number of rotatable bonds is 2. The Balaban J connectivity index is 1.98. The van der Waals surface area contributed by atoms with Crippen molar-refractivity contribution in [1.29, 1.82) is 0 Å². The number of hydrogen-bond acceptors (Lipinski definition) is 2. The number of aromatic nitrogens is 2. The summed E-state index contributed by atoms with van der Waals surface area (Å²) >= 11 is 3.45. The predicted octanol–water partition coefficient (Wildman–Crippen LogP) is 4.38. The number of anilines is 2. The zero-order valence-corrected chi connectivity index (χ0v) is 11.5. The van der Waals surface area contributed by atoms with E-state index in [4.69, 9.17) is 0 Å². The molecule has 0 bridgehead atoms. The average molecular weight is 302 g/mol. The van der Waals surface area contributed by atoms with Gasteiger partial charge in [0.05, 0.1) is 11.4 Å². The molecule has 0 saturated carbocycles. The van der Waals surface area contributed by atoms with E-state index in [0.29, 0.717) is 0 Å². The second-order valence-electron chi connectivity index (χ2n) is 4.14. The minimum Gasteiger partial charge on any atom is -0.359 e. The molecular weight excluding hydrogens is 290 g/mol. The summed E-state index contributed by atoms with van der Waals surface area (Å²) in [4.78, 5) is 7.72. The lowest BCUT2D eigenvalue weighted by atomic mass is 10.2. The van der Waals surface area contributed by atoms with Gasteiger partial charge in [0, 0.05) is 21.6 Å². The predicted molar refractivity (Wildman–Crippen MR) is 78.3 cm³/mol. The highest BCUT2D eigenvalue weighted by atomic mass is 79.9. The number of H-pyrrole nitrogens is 1. The van der Waals surface area contributed by atoms with Crippen molar-refractivity contribution in [2.75, 3.05) is 5.32 Å². The molecule has 3 rings (SSSR count). The van der Waals surface area contributed by atoms with Crippen LogP contribution < -0.4 is 5.32 Å². The highest BCUT2D eigenvalue weighted by molar-refractivity contribution is 9.10. The number of para-hydroxylation sites is 1. The molecule has 0 saturated heterocycles. The third kappa shape index (κ3) is 1.99. The first-order chi connectivity index (χ1) is 8.74. The number of pyridine rings is 1. The van der Waals surface area contributed by atoms with Gasteiger partial charge in [0.15, 0.2) is 0 Å². The molecule has 0 fully saturated rings. The Hall–Kier alpha value is -1.81. The maximum Gasteiger partial charge on any atom is 0.130 e. The number of benzene rings is 1. The normalized spacial score (nSPS) is 10.8. The van der Waals surface area contributed by atoms with Gasteiger partial charge in [-0.05, 0) is 41.1 Å². The maximum absolute atomic E-state index is 4.48. The van der Waals surface area contributed by atoms with Crippen LogP contribution in [0.5, 0.6) is 0 Å². The van der Waals surface area contributed by atoms with Crippen LogP contribution in [0.25, 0.3) is 10.9 Å². The van der Waals surface area contributed by atoms with Crippen LogP contribution in [0.3, 0.4) is 0 Å². The van der Waals surface area contributed by atoms with Gasteiger partial charge in [0.25, 0.3) is 0 Å². The second kappa shape index (κ2) is 4.46. The molecule has 0 aliphatic rings. The first kappa shape index (κ1) is 11.3. The summed E-state index contributed by atoms with van der Waals surface area (Å²) in [5.74, 6) is 0.848. The maximum atomic E-state index is 4.48. The summed E-state index contributed by atoms with van der Waals surface area (Å²) in [5, 5.41) is 4.50. The number of hydrogen-bond donors (Lipinski definition) is 2. The first-order valence-corrected chi connectivity index (χ1v) is 6.49. The third-order valence-corrected chi connectivity index (χ3v) is 3.71. The van der Waals surface area contributed by atoms with Crippen molar-refractivity contribution in [3.05, 3.63) is 52.8 Å². The van der Waals surface area contributed by atoms with Crippen molar-refractivity contribution in [2.45, 2.75) is 6.92 Å². The van der Waals surface area contributed by atoms with Gasteiger partial charge in [-0.25, -0.2) is 4.98 Å². The zero-order chi connectivity index (χ0) is 12.5. The van der Waals surface area contributed by atoms with Crippen LogP contribution in [-0.4, -0.2) is 9.97 Å². The number of halogens is 1. The molecule has 1 aromatic carbocycles. The van der Waals surface area contributed by atoms with E-state index in [1.54, 1.807) is 0 Å². The molecule has 0 radical (unpaired) electrons. The molecule has 0 unspecified atom stereocenters. The van der Waals surface area contributed by atoms with Crippen LogP contribution in [0.1, 0.15) is 5.69 Å². The Morgan fingerprint density at radius 2 is 2.00 bits per heavy atom. The van der Waals surface area contributed by atoms with Crippen LogP contribution in [0.4, 0.5) is 11.5 Å². The Bertz CT molecular complexity index is 703. The Morgan fingerprint density at radius 3 is 2.83 bits per heavy atom. The highest BCUT2D eigenvalue weighted by Gasteiger charge is 2.04. The van der Waals surface area contributed by atoms with E-state index in [-0.39, 0.29) is 0 Å². The molecule has 4 heteroatoms. The van der Waals surface area contributed by atoms with Gasteiger partial charge >= 0.3 is 0 Å². The molecule has 18 heavy (non-hydrogen) atoms. The lowest BCUT2D eigenvalue weighted by Crippen LogP contribution is -1.94. The number of nitrogens with zero attached hydrogens (tertiary/aromatic N) is 1. The van der Waals surface area contributed by atoms with E-state index in [9.17, 15) is 0 Å². The molecule has 0 atom stereocenters. The SMILES string of the molecule is Cc1nc(Nc2c[nH]c3ccccc23)ccc1Br. The topological polar surface area (TPSA) is 40.7 Å². The minimum atomic E-state index is 0.848. The molecule has 0 spiro atoms. The van der Waals surface area contributed by atoms with Crippen LogP contribution in [0, 0.1) is 6.92 Å². The Labute approximate surface area is 113 Å². The highest BCUT2D eigenvalue weighted by Crippen LogP contribution is 2.26. The summed E-state index contributed by atoms with van der Waals surface area (Å²) in [5.41, 5.74) is 3.13. The summed E-state index contributed by atoms with van der Waals surface area (Å²) in [6.45, 7) is 1.98. The molecule has 0 aliphatic carbocycles. The zero-order valence-electron chi connectivity index (χ0n) is 9.87. The van der Waals surface area contributed by atoms with E-state index in [1.807, 2.05) is 37.4 Å². The van der Waals surface area contributed by atoms with Crippen LogP contribution in [0.15, 0.2) is 47.1 Å². The number of nitrogens with one attached hydrogen (secondary N) is 2. The molecular formula is C14H12BrN3. The average Bonchev–Trinajstić information content (AvgIpc) is 2.78. The molecule has 0 aliphatic heterocycles. The molecule has 2 N–H and O–H groups in total. The molecule has 3 aromatic rings. The standard InChI is InChI=1S/C14H12BrN3/c1-9-11(15)6-7-14(17-9)18-13-8-16-12-5-3-2-4-10(12)13/h2-8,16H,1H3,(H,17,18). The summed E-state index contributed by atoms with van der Waals surface area (Å²) < 4.78 is 1.02. The quantitative estimate of drug-likeness (QED) is 0.737. The van der Waals surface area contributed by atoms with Gasteiger partial charge in [0.1, 0.15) is 5.82 Å². The van der Waals surface area contributed by atoms with E-state index in [1.165, 1.54) is 5.39 Å². The van der Waals surface area contributed by atoms with E-state index in [0.717, 1.165) is 27.2 Å². The van der Waals surface area contributed by atoms with Crippen molar-refractivity contribution in [3.8, 4) is 0 Å². The number of fused-ring (bicyclic) bond motifs is 1. The van der Waals surface area contributed by atoms with E-state index in [2.05, 4.69) is 43.3 Å². The Kier molecular flexibility index (Phi) is 2.80. The molecule has 3 nitrogen and oxygen atoms in total. The fourth-order valence-electron chi connectivity index (χ4n) is 1.93. The van der Waals surface area contributed by atoms with Gasteiger partial charge in [-0.3, -0.25) is 0 Å². The summed E-state index contributed by atoms with van der Waals surface area (Å²) in [6, 6.07) is 12.1. The fourth-order valence-corrected chi connectivity index (χ4v) is 2.15. The molecule has 2 aromatic heterocycles. The van der Waals surface area contributed by atoms with Gasteiger partial charge in [-0.1, -0.05) is 18.2 Å². The smallest absolute Gasteiger partial charge is 0.130 e. The van der Waals surface area contributed by atoms with Crippen molar-refractivity contribution >= 4 is 38.3 Å². The Morgan fingerprint density at radius 1 is 1.17 bits per heavy atom. The van der Waals surface area contributed by atoms with Crippen molar-refractivity contribution in [1.82, 2.24) is 9.97 Å². The van der Waals surface area contributed by atoms with Crippen LogP contribution in [-0.2, 0) is 0 Å². The van der Waals surface area contributed by atoms with Gasteiger partial charge in [-0.15, -0.1) is 0 Å². The third-order valence-electron chi connectivity index (χ3n) is 2.87. The summed E-state index contributed by atoms with van der Waals surface area (Å²) in [6.07, 6.45) is 1.96. The van der Waals surface area contributed by atoms with Crippen molar-refractivity contribution in [3.63, 3.8) is 0 Å². The monoisotopic (exact) mass is 301 g/mol. The van der Waals surface area contributed by atoms with E-state index >= 15 is 0 Å². The largest absolute Gasteiger partial charge is 0.359 e. The number of aromatic amines is 1.